The molecule has 0 aliphatic heterocycles. The van der Waals surface area contributed by atoms with Gasteiger partial charge in [0, 0.05) is 18.9 Å². The summed E-state index contributed by atoms with van der Waals surface area (Å²) in [4.78, 5) is 12.0. The maximum absolute atomic E-state index is 12.0. The number of rotatable bonds is 8. The highest BCUT2D eigenvalue weighted by Gasteiger charge is 2.23. The third-order valence-electron chi connectivity index (χ3n) is 3.62. The number of Topliss-reactive ketones (excluding diaryl/α,β-unsaturated/α-hetero) is 1. The molecule has 2 N–H and O–H groups in total. The van der Waals surface area contributed by atoms with Crippen molar-refractivity contribution in [2.45, 2.75) is 79.2 Å². The van der Waals surface area contributed by atoms with E-state index in [1.165, 1.54) is 19.3 Å². The van der Waals surface area contributed by atoms with Crippen LogP contribution in [0.5, 0.6) is 0 Å². The molecule has 0 saturated carbocycles. The van der Waals surface area contributed by atoms with Crippen LogP contribution in [0.4, 0.5) is 0 Å². The summed E-state index contributed by atoms with van der Waals surface area (Å²) in [7, 11) is 0. The van der Waals surface area contributed by atoms with E-state index >= 15 is 0 Å². The lowest BCUT2D eigenvalue weighted by atomic mass is 9.82. The van der Waals surface area contributed by atoms with E-state index in [1.807, 2.05) is 0 Å². The van der Waals surface area contributed by atoms with Crippen LogP contribution in [0.3, 0.4) is 0 Å². The van der Waals surface area contributed by atoms with Gasteiger partial charge in [-0.15, -0.1) is 0 Å². The Morgan fingerprint density at radius 1 is 1.18 bits per heavy atom. The Morgan fingerprint density at radius 3 is 2.18 bits per heavy atom. The van der Waals surface area contributed by atoms with E-state index in [-0.39, 0.29) is 11.5 Å². The van der Waals surface area contributed by atoms with E-state index in [2.05, 4.69) is 34.6 Å². The minimum atomic E-state index is -0.0151. The number of carbonyl (C=O) groups excluding carboxylic acids is 1. The second-order valence-electron chi connectivity index (χ2n) is 6.34. The lowest BCUT2D eigenvalue weighted by molar-refractivity contribution is -0.120. The first kappa shape index (κ1) is 16.6. The third-order valence-corrected chi connectivity index (χ3v) is 3.62. The number of carbonyl (C=O) groups is 1. The fourth-order valence-corrected chi connectivity index (χ4v) is 1.90. The number of hydrogen-bond donors (Lipinski definition) is 1. The maximum atomic E-state index is 12.0. The van der Waals surface area contributed by atoms with Crippen molar-refractivity contribution in [3.05, 3.63) is 0 Å². The molecule has 0 heterocycles. The van der Waals surface area contributed by atoms with Crippen LogP contribution >= 0.6 is 0 Å². The highest BCUT2D eigenvalue weighted by molar-refractivity contribution is 5.79. The van der Waals surface area contributed by atoms with Gasteiger partial charge in [0.25, 0.3) is 0 Å². The molecule has 0 bridgehead atoms. The molecule has 0 aromatic rings. The third kappa shape index (κ3) is 7.54. The predicted molar refractivity (Wildman–Crippen MR) is 75.0 cm³/mol. The molecule has 2 nitrogen and oxygen atoms in total. The molecular formula is C15H31NO. The first-order chi connectivity index (χ1) is 7.81. The smallest absolute Gasteiger partial charge is 0.134 e. The molecule has 0 aliphatic rings. The Morgan fingerprint density at radius 2 is 1.76 bits per heavy atom. The molecular weight excluding hydrogens is 210 g/mol. The Bertz CT molecular complexity index is 217. The Balaban J connectivity index is 4.06. The van der Waals surface area contributed by atoms with Gasteiger partial charge in [-0.05, 0) is 11.3 Å². The van der Waals surface area contributed by atoms with Crippen molar-refractivity contribution in [1.82, 2.24) is 0 Å². The zero-order chi connectivity index (χ0) is 13.5. The molecule has 0 aliphatic carbocycles. The summed E-state index contributed by atoms with van der Waals surface area (Å²) in [6.45, 7) is 10.7. The summed E-state index contributed by atoms with van der Waals surface area (Å²) in [6.07, 6.45) is 6.00. The average Bonchev–Trinajstić information content (AvgIpc) is 2.22. The maximum Gasteiger partial charge on any atom is 0.134 e. The summed E-state index contributed by atoms with van der Waals surface area (Å²) < 4.78 is 0. The molecule has 2 heteroatoms. The Labute approximate surface area is 107 Å². The largest absolute Gasteiger partial charge is 0.327 e. The van der Waals surface area contributed by atoms with E-state index in [4.69, 9.17) is 5.73 Å². The van der Waals surface area contributed by atoms with Crippen LogP contribution in [0, 0.1) is 11.3 Å². The van der Waals surface area contributed by atoms with Crippen molar-refractivity contribution in [2.75, 3.05) is 0 Å². The minimum Gasteiger partial charge on any atom is -0.327 e. The van der Waals surface area contributed by atoms with Crippen LogP contribution in [0.15, 0.2) is 0 Å². The predicted octanol–water partition coefficient (Wildman–Crippen LogP) is 3.93. The number of nitrogens with two attached hydrogens (primary N) is 1. The van der Waals surface area contributed by atoms with E-state index in [1.54, 1.807) is 0 Å². The van der Waals surface area contributed by atoms with Crippen molar-refractivity contribution in [1.29, 1.82) is 0 Å². The number of ketones is 1. The van der Waals surface area contributed by atoms with Crippen LogP contribution in [-0.4, -0.2) is 11.8 Å². The highest BCUT2D eigenvalue weighted by Crippen LogP contribution is 2.23. The van der Waals surface area contributed by atoms with Gasteiger partial charge in [0.15, 0.2) is 0 Å². The van der Waals surface area contributed by atoms with Crippen LogP contribution in [-0.2, 0) is 4.79 Å². The van der Waals surface area contributed by atoms with Crippen LogP contribution in [0.2, 0.25) is 0 Å². The topological polar surface area (TPSA) is 43.1 Å². The van der Waals surface area contributed by atoms with Crippen molar-refractivity contribution >= 4 is 5.78 Å². The van der Waals surface area contributed by atoms with E-state index in [0.717, 1.165) is 12.8 Å². The summed E-state index contributed by atoms with van der Waals surface area (Å²) in [5.74, 6) is 0.907. The zero-order valence-corrected chi connectivity index (χ0v) is 12.4. The molecule has 0 saturated heterocycles. The summed E-state index contributed by atoms with van der Waals surface area (Å²) >= 11 is 0. The van der Waals surface area contributed by atoms with Gasteiger partial charge in [-0.25, -0.2) is 0 Å². The fraction of sp³-hybridized carbons (Fsp3) is 0.933. The monoisotopic (exact) mass is 241 g/mol. The Kier molecular flexibility index (Phi) is 7.69. The van der Waals surface area contributed by atoms with Gasteiger partial charge in [0.2, 0.25) is 0 Å². The first-order valence-electron chi connectivity index (χ1n) is 7.08. The molecule has 17 heavy (non-hydrogen) atoms. The van der Waals surface area contributed by atoms with Gasteiger partial charge < -0.3 is 5.73 Å². The molecule has 0 rings (SSSR count). The van der Waals surface area contributed by atoms with Crippen molar-refractivity contribution in [3.63, 3.8) is 0 Å². The SMILES string of the molecule is CCCCC(CC)CC(=O)CC(N)C(C)(C)C. The van der Waals surface area contributed by atoms with Gasteiger partial charge in [0.05, 0.1) is 0 Å². The normalized spacial score (nSPS) is 15.6. The second-order valence-corrected chi connectivity index (χ2v) is 6.34. The van der Waals surface area contributed by atoms with Gasteiger partial charge in [-0.2, -0.15) is 0 Å². The van der Waals surface area contributed by atoms with E-state index < -0.39 is 0 Å². The highest BCUT2D eigenvalue weighted by atomic mass is 16.1. The van der Waals surface area contributed by atoms with Crippen LogP contribution in [0.1, 0.15) is 73.1 Å². The molecule has 0 fully saturated rings. The molecule has 2 unspecified atom stereocenters. The molecule has 2 atom stereocenters. The Hall–Kier alpha value is -0.370. The zero-order valence-electron chi connectivity index (χ0n) is 12.4. The molecule has 0 spiro atoms. The van der Waals surface area contributed by atoms with Crippen molar-refractivity contribution in [3.8, 4) is 0 Å². The number of hydrogen-bond acceptors (Lipinski definition) is 2. The number of unbranched alkanes of at least 4 members (excludes halogenated alkanes) is 1. The molecule has 0 aromatic carbocycles. The molecule has 0 radical (unpaired) electrons. The minimum absolute atomic E-state index is 0.0151. The van der Waals surface area contributed by atoms with Gasteiger partial charge in [0.1, 0.15) is 5.78 Å². The van der Waals surface area contributed by atoms with Gasteiger partial charge >= 0.3 is 0 Å². The van der Waals surface area contributed by atoms with Gasteiger partial charge in [-0.1, -0.05) is 60.3 Å². The first-order valence-corrected chi connectivity index (χ1v) is 7.08. The van der Waals surface area contributed by atoms with Crippen LogP contribution in [0.25, 0.3) is 0 Å². The quantitative estimate of drug-likeness (QED) is 0.700. The molecule has 0 amide bonds. The van der Waals surface area contributed by atoms with E-state index in [9.17, 15) is 4.79 Å². The van der Waals surface area contributed by atoms with E-state index in [0.29, 0.717) is 18.1 Å². The lowest BCUT2D eigenvalue weighted by Crippen LogP contribution is -2.37. The second kappa shape index (κ2) is 7.86. The van der Waals surface area contributed by atoms with Crippen molar-refractivity contribution < 1.29 is 4.79 Å². The molecule has 102 valence electrons. The summed E-state index contributed by atoms with van der Waals surface area (Å²) in [5.41, 5.74) is 6.08. The van der Waals surface area contributed by atoms with Gasteiger partial charge in [-0.3, -0.25) is 4.79 Å². The standard InChI is InChI=1S/C15H31NO/c1-6-8-9-12(7-2)10-13(17)11-14(16)15(3,4)5/h12,14H,6-11,16H2,1-5H3. The average molecular weight is 241 g/mol. The van der Waals surface area contributed by atoms with Crippen LogP contribution < -0.4 is 5.73 Å². The lowest BCUT2D eigenvalue weighted by Gasteiger charge is -2.27. The summed E-state index contributed by atoms with van der Waals surface area (Å²) in [5, 5.41) is 0. The fourth-order valence-electron chi connectivity index (χ4n) is 1.90. The molecule has 0 aromatic heterocycles. The summed E-state index contributed by atoms with van der Waals surface area (Å²) in [6, 6.07) is -0.0151. The van der Waals surface area contributed by atoms with Crippen molar-refractivity contribution in [2.24, 2.45) is 17.1 Å².